The highest BCUT2D eigenvalue weighted by Gasteiger charge is 2.42. The standard InChI is InChI=1S/C7H14BN2/c9-10-4-2-1-3-7(10)5-8-6-7/h1-6,9H2. The van der Waals surface area contributed by atoms with E-state index in [0.717, 1.165) is 6.54 Å². The number of hydrazine groups is 1. The van der Waals surface area contributed by atoms with E-state index in [1.807, 2.05) is 0 Å². The molecule has 0 aromatic heterocycles. The van der Waals surface area contributed by atoms with Crippen LogP contribution < -0.4 is 5.84 Å². The maximum absolute atomic E-state index is 5.89. The van der Waals surface area contributed by atoms with Crippen molar-refractivity contribution in [2.75, 3.05) is 6.54 Å². The molecular formula is C7H14BN2. The van der Waals surface area contributed by atoms with Gasteiger partial charge < -0.3 is 0 Å². The van der Waals surface area contributed by atoms with Crippen molar-refractivity contribution in [2.45, 2.75) is 37.4 Å². The minimum atomic E-state index is 0.415. The third-order valence-electron chi connectivity index (χ3n) is 2.95. The highest BCUT2D eigenvalue weighted by molar-refractivity contribution is 6.41. The van der Waals surface area contributed by atoms with Gasteiger partial charge in [0.05, 0.1) is 0 Å². The van der Waals surface area contributed by atoms with E-state index in [1.165, 1.54) is 31.9 Å². The van der Waals surface area contributed by atoms with E-state index in [1.54, 1.807) is 0 Å². The summed E-state index contributed by atoms with van der Waals surface area (Å²) in [4.78, 5) is 0. The van der Waals surface area contributed by atoms with E-state index in [-0.39, 0.29) is 0 Å². The van der Waals surface area contributed by atoms with E-state index < -0.39 is 0 Å². The molecule has 0 aliphatic carbocycles. The lowest BCUT2D eigenvalue weighted by Gasteiger charge is -2.51. The smallest absolute Gasteiger partial charge is 0.114 e. The number of rotatable bonds is 0. The Hall–Kier alpha value is -0.0151. The van der Waals surface area contributed by atoms with Crippen LogP contribution in [0.15, 0.2) is 0 Å². The van der Waals surface area contributed by atoms with Gasteiger partial charge in [-0.2, -0.15) is 0 Å². The Balaban J connectivity index is 2.03. The van der Waals surface area contributed by atoms with Gasteiger partial charge in [-0.3, -0.25) is 5.84 Å². The molecule has 0 atom stereocenters. The van der Waals surface area contributed by atoms with Crippen LogP contribution in [0.2, 0.25) is 12.6 Å². The largest absolute Gasteiger partial charge is 0.268 e. The Morgan fingerprint density at radius 2 is 2.10 bits per heavy atom. The summed E-state index contributed by atoms with van der Waals surface area (Å²) >= 11 is 0. The minimum absolute atomic E-state index is 0.415. The summed E-state index contributed by atoms with van der Waals surface area (Å²) < 4.78 is 0. The fraction of sp³-hybridized carbons (Fsp3) is 1.00. The third kappa shape index (κ3) is 0.806. The third-order valence-corrected chi connectivity index (χ3v) is 2.95. The van der Waals surface area contributed by atoms with Crippen LogP contribution in [0.1, 0.15) is 19.3 Å². The molecule has 0 amide bonds. The van der Waals surface area contributed by atoms with Gasteiger partial charge in [-0.15, -0.1) is 0 Å². The molecule has 3 heteroatoms. The Kier molecular flexibility index (Phi) is 1.50. The normalized spacial score (nSPS) is 31.3. The maximum atomic E-state index is 5.89. The van der Waals surface area contributed by atoms with Crippen molar-refractivity contribution in [3.63, 3.8) is 0 Å². The van der Waals surface area contributed by atoms with Crippen LogP contribution in [0.5, 0.6) is 0 Å². The molecule has 2 heterocycles. The van der Waals surface area contributed by atoms with E-state index in [4.69, 9.17) is 5.84 Å². The summed E-state index contributed by atoms with van der Waals surface area (Å²) in [5.41, 5.74) is 0.415. The predicted molar refractivity (Wildman–Crippen MR) is 42.8 cm³/mol. The first kappa shape index (κ1) is 6.68. The van der Waals surface area contributed by atoms with Gasteiger partial charge in [-0.25, -0.2) is 5.01 Å². The molecule has 1 spiro atoms. The van der Waals surface area contributed by atoms with Gasteiger partial charge in [0.2, 0.25) is 0 Å². The van der Waals surface area contributed by atoms with Crippen molar-refractivity contribution >= 4 is 7.28 Å². The molecule has 2 saturated heterocycles. The molecule has 2 nitrogen and oxygen atoms in total. The highest BCUT2D eigenvalue weighted by Crippen LogP contribution is 2.39. The molecule has 0 aromatic carbocycles. The molecule has 2 fully saturated rings. The highest BCUT2D eigenvalue weighted by atomic mass is 15.4. The lowest BCUT2D eigenvalue weighted by Crippen LogP contribution is -2.60. The molecule has 2 aliphatic rings. The van der Waals surface area contributed by atoms with Gasteiger partial charge in [0, 0.05) is 12.1 Å². The molecule has 2 aliphatic heterocycles. The molecule has 1 radical (unpaired) electrons. The number of nitrogens with zero attached hydrogens (tertiary/aromatic N) is 1. The summed E-state index contributed by atoms with van der Waals surface area (Å²) in [6, 6.07) is 0. The molecule has 0 unspecified atom stereocenters. The zero-order chi connectivity index (χ0) is 7.03. The average Bonchev–Trinajstić information content (AvgIpc) is 1.85. The summed E-state index contributed by atoms with van der Waals surface area (Å²) in [6.07, 6.45) is 6.44. The molecule has 0 bridgehead atoms. The maximum Gasteiger partial charge on any atom is 0.114 e. The fourth-order valence-corrected chi connectivity index (χ4v) is 2.03. The second-order valence-electron chi connectivity index (χ2n) is 3.57. The van der Waals surface area contributed by atoms with Crippen molar-refractivity contribution in [3.05, 3.63) is 0 Å². The molecule has 10 heavy (non-hydrogen) atoms. The summed E-state index contributed by atoms with van der Waals surface area (Å²) in [6.45, 7) is 1.10. The van der Waals surface area contributed by atoms with Crippen molar-refractivity contribution in [3.8, 4) is 0 Å². The monoisotopic (exact) mass is 137 g/mol. The number of piperidine rings is 1. The minimum Gasteiger partial charge on any atom is -0.268 e. The van der Waals surface area contributed by atoms with Crippen LogP contribution in [0.3, 0.4) is 0 Å². The molecule has 2 rings (SSSR count). The van der Waals surface area contributed by atoms with Crippen molar-refractivity contribution < 1.29 is 0 Å². The van der Waals surface area contributed by atoms with Crippen molar-refractivity contribution in [1.29, 1.82) is 0 Å². The Labute approximate surface area is 63.0 Å². The number of hydrogen-bond donors (Lipinski definition) is 1. The lowest BCUT2D eigenvalue weighted by molar-refractivity contribution is 0.0639. The summed E-state index contributed by atoms with van der Waals surface area (Å²) in [5.74, 6) is 5.89. The number of hydrogen-bond acceptors (Lipinski definition) is 2. The van der Waals surface area contributed by atoms with Gasteiger partial charge >= 0.3 is 0 Å². The lowest BCUT2D eigenvalue weighted by atomic mass is 9.44. The molecule has 0 aromatic rings. The molecule has 2 N–H and O–H groups in total. The summed E-state index contributed by atoms with van der Waals surface area (Å²) in [5, 5.41) is 2.07. The van der Waals surface area contributed by atoms with E-state index >= 15 is 0 Å². The SMILES string of the molecule is NN1CCCCC12C[B]C2. The Bertz CT molecular complexity index is 134. The van der Waals surface area contributed by atoms with Gasteiger partial charge in [0.1, 0.15) is 7.28 Å². The topological polar surface area (TPSA) is 29.3 Å². The van der Waals surface area contributed by atoms with Crippen LogP contribution in [0, 0.1) is 0 Å². The molecular weight excluding hydrogens is 123 g/mol. The zero-order valence-corrected chi connectivity index (χ0v) is 6.34. The first-order valence-corrected chi connectivity index (χ1v) is 4.18. The van der Waals surface area contributed by atoms with Crippen LogP contribution in [0.4, 0.5) is 0 Å². The van der Waals surface area contributed by atoms with Gasteiger partial charge in [0.25, 0.3) is 0 Å². The molecule has 55 valence electrons. The zero-order valence-electron chi connectivity index (χ0n) is 6.34. The van der Waals surface area contributed by atoms with Crippen LogP contribution in [-0.2, 0) is 0 Å². The fourth-order valence-electron chi connectivity index (χ4n) is 2.03. The van der Waals surface area contributed by atoms with E-state index in [9.17, 15) is 0 Å². The van der Waals surface area contributed by atoms with Crippen LogP contribution in [-0.4, -0.2) is 24.4 Å². The first-order valence-electron chi connectivity index (χ1n) is 4.18. The second-order valence-corrected chi connectivity index (χ2v) is 3.57. The Morgan fingerprint density at radius 3 is 2.50 bits per heavy atom. The van der Waals surface area contributed by atoms with Crippen molar-refractivity contribution in [1.82, 2.24) is 5.01 Å². The number of nitrogens with two attached hydrogens (primary N) is 1. The average molecular weight is 137 g/mol. The quantitative estimate of drug-likeness (QED) is 0.392. The van der Waals surface area contributed by atoms with Gasteiger partial charge in [-0.05, 0) is 12.8 Å². The van der Waals surface area contributed by atoms with Gasteiger partial charge in [0.15, 0.2) is 0 Å². The second kappa shape index (κ2) is 2.24. The van der Waals surface area contributed by atoms with Crippen LogP contribution in [0.25, 0.3) is 0 Å². The summed E-state index contributed by atoms with van der Waals surface area (Å²) in [7, 11) is 2.34. The predicted octanol–water partition coefficient (Wildman–Crippen LogP) is 0.639. The first-order chi connectivity index (χ1) is 4.83. The van der Waals surface area contributed by atoms with Crippen molar-refractivity contribution in [2.24, 2.45) is 5.84 Å². The molecule has 0 saturated carbocycles. The van der Waals surface area contributed by atoms with Gasteiger partial charge in [-0.1, -0.05) is 19.1 Å². The van der Waals surface area contributed by atoms with E-state index in [2.05, 4.69) is 12.3 Å². The Morgan fingerprint density at radius 1 is 1.30 bits per heavy atom. The van der Waals surface area contributed by atoms with Crippen LogP contribution >= 0.6 is 0 Å². The van der Waals surface area contributed by atoms with E-state index in [0.29, 0.717) is 5.54 Å².